The highest BCUT2D eigenvalue weighted by atomic mass is 32.2. The smallest absolute Gasteiger partial charge is 0.224 e. The van der Waals surface area contributed by atoms with Gasteiger partial charge in [0, 0.05) is 24.7 Å². The van der Waals surface area contributed by atoms with Crippen LogP contribution in [0.1, 0.15) is 72.1 Å². The maximum atomic E-state index is 12.1. The van der Waals surface area contributed by atoms with E-state index in [1.165, 1.54) is 19.3 Å². The lowest BCUT2D eigenvalue weighted by atomic mass is 9.98. The van der Waals surface area contributed by atoms with Crippen LogP contribution in [0.3, 0.4) is 0 Å². The van der Waals surface area contributed by atoms with Gasteiger partial charge >= 0.3 is 0 Å². The van der Waals surface area contributed by atoms with Gasteiger partial charge in [-0.2, -0.15) is 0 Å². The van der Waals surface area contributed by atoms with Gasteiger partial charge in [-0.25, -0.2) is 13.1 Å². The van der Waals surface area contributed by atoms with Crippen molar-refractivity contribution < 1.29 is 17.9 Å². The van der Waals surface area contributed by atoms with Gasteiger partial charge < -0.3 is 10.1 Å². The van der Waals surface area contributed by atoms with E-state index in [1.807, 2.05) is 24.3 Å². The molecule has 1 saturated carbocycles. The fourth-order valence-corrected chi connectivity index (χ4v) is 3.93. The van der Waals surface area contributed by atoms with Crippen LogP contribution in [0, 0.1) is 0 Å². The minimum atomic E-state index is -3.33. The molecule has 1 amide bonds. The molecule has 1 aliphatic carbocycles. The molecule has 0 bridgehead atoms. The lowest BCUT2D eigenvalue weighted by Crippen LogP contribution is -2.39. The monoisotopic (exact) mass is 410 g/mol. The number of carbonyl (C=O) groups excluding carboxylic acids is 1. The number of ether oxygens (including phenoxy) is 1. The van der Waals surface area contributed by atoms with Gasteiger partial charge in [0.05, 0.1) is 10.9 Å². The second kappa shape index (κ2) is 10.3. The van der Waals surface area contributed by atoms with Crippen LogP contribution in [0.15, 0.2) is 24.3 Å². The molecule has 2 rings (SSSR count). The number of unbranched alkanes of at least 4 members (excludes halogenated alkanes) is 1. The summed E-state index contributed by atoms with van der Waals surface area (Å²) in [6.07, 6.45) is 7.77. The molecule has 1 aromatic rings. The number of hydrogen-bond donors (Lipinski definition) is 2. The normalized spacial score (nSPS) is 16.0. The first-order valence-electron chi connectivity index (χ1n) is 10.2. The van der Waals surface area contributed by atoms with Crippen molar-refractivity contribution in [3.63, 3.8) is 0 Å². The first-order valence-corrected chi connectivity index (χ1v) is 11.7. The molecule has 28 heavy (non-hydrogen) atoms. The van der Waals surface area contributed by atoms with Crippen LogP contribution in [0.5, 0.6) is 5.75 Å². The Balaban J connectivity index is 1.70. The number of rotatable bonds is 9. The highest BCUT2D eigenvalue weighted by Gasteiger charge is 2.27. The van der Waals surface area contributed by atoms with Crippen molar-refractivity contribution in [1.82, 2.24) is 4.72 Å². The zero-order valence-corrected chi connectivity index (χ0v) is 18.1. The second-order valence-corrected chi connectivity index (χ2v) is 10.9. The Morgan fingerprint density at radius 2 is 1.86 bits per heavy atom. The molecule has 2 N–H and O–H groups in total. The van der Waals surface area contributed by atoms with Gasteiger partial charge in [0.25, 0.3) is 0 Å². The topological polar surface area (TPSA) is 84.5 Å². The van der Waals surface area contributed by atoms with E-state index in [2.05, 4.69) is 10.0 Å². The number of benzene rings is 1. The van der Waals surface area contributed by atoms with E-state index in [1.54, 1.807) is 20.8 Å². The minimum Gasteiger partial charge on any atom is -0.490 e. The van der Waals surface area contributed by atoms with Gasteiger partial charge in [-0.15, -0.1) is 0 Å². The number of carbonyl (C=O) groups is 1. The van der Waals surface area contributed by atoms with E-state index in [4.69, 9.17) is 4.74 Å². The van der Waals surface area contributed by atoms with Crippen molar-refractivity contribution in [2.24, 2.45) is 0 Å². The minimum absolute atomic E-state index is 0.0755. The number of amides is 1. The van der Waals surface area contributed by atoms with Crippen LogP contribution in [0.2, 0.25) is 0 Å². The lowest BCUT2D eigenvalue weighted by Gasteiger charge is -2.23. The average Bonchev–Trinajstić information content (AvgIpc) is 2.61. The standard InChI is InChI=1S/C21H34N2O4S/c1-21(2,3)28(25,26)22-15-8-7-14-20(24)23-17-10-9-13-19(16-17)27-18-11-5-4-6-12-18/h9-10,13,16,18,22H,4-8,11-12,14-15H2,1-3H3,(H,23,24). The molecule has 158 valence electrons. The molecule has 0 atom stereocenters. The van der Waals surface area contributed by atoms with Gasteiger partial charge in [0.15, 0.2) is 0 Å². The van der Waals surface area contributed by atoms with E-state index in [0.717, 1.165) is 24.3 Å². The maximum absolute atomic E-state index is 12.1. The third-order valence-corrected chi connectivity index (χ3v) is 7.10. The molecule has 1 aromatic carbocycles. The predicted octanol–water partition coefficient (Wildman–Crippen LogP) is 4.22. The summed E-state index contributed by atoms with van der Waals surface area (Å²) < 4.78 is 31.7. The van der Waals surface area contributed by atoms with E-state index in [-0.39, 0.29) is 12.0 Å². The molecule has 0 aliphatic heterocycles. The fraction of sp³-hybridized carbons (Fsp3) is 0.667. The van der Waals surface area contributed by atoms with Crippen LogP contribution in [0.25, 0.3) is 0 Å². The first-order chi connectivity index (χ1) is 13.2. The van der Waals surface area contributed by atoms with E-state index in [0.29, 0.717) is 25.8 Å². The number of sulfonamides is 1. The van der Waals surface area contributed by atoms with Gasteiger partial charge in [0.1, 0.15) is 5.75 Å². The van der Waals surface area contributed by atoms with Gasteiger partial charge in [0.2, 0.25) is 15.9 Å². The summed E-state index contributed by atoms with van der Waals surface area (Å²) in [5.41, 5.74) is 0.728. The summed E-state index contributed by atoms with van der Waals surface area (Å²) >= 11 is 0. The number of nitrogens with one attached hydrogen (secondary N) is 2. The molecule has 6 nitrogen and oxygen atoms in total. The summed E-state index contributed by atoms with van der Waals surface area (Å²) in [5, 5.41) is 2.89. The van der Waals surface area contributed by atoms with E-state index in [9.17, 15) is 13.2 Å². The Morgan fingerprint density at radius 3 is 2.54 bits per heavy atom. The third kappa shape index (κ3) is 7.43. The highest BCUT2D eigenvalue weighted by Crippen LogP contribution is 2.25. The summed E-state index contributed by atoms with van der Waals surface area (Å²) in [6, 6.07) is 7.52. The summed E-state index contributed by atoms with van der Waals surface area (Å²) in [5.74, 6) is 0.717. The Hall–Kier alpha value is -1.60. The van der Waals surface area contributed by atoms with Crippen LogP contribution in [0.4, 0.5) is 5.69 Å². The summed E-state index contributed by atoms with van der Waals surface area (Å²) in [7, 11) is -3.33. The molecule has 7 heteroatoms. The first kappa shape index (κ1) is 22.7. The molecule has 0 aromatic heterocycles. The van der Waals surface area contributed by atoms with Crippen LogP contribution < -0.4 is 14.8 Å². The maximum Gasteiger partial charge on any atom is 0.224 e. The van der Waals surface area contributed by atoms with Gasteiger partial charge in [-0.05, 0) is 71.4 Å². The Bertz CT molecular complexity index is 735. The Kier molecular flexibility index (Phi) is 8.31. The van der Waals surface area contributed by atoms with Crippen molar-refractivity contribution in [2.45, 2.75) is 83.0 Å². The van der Waals surface area contributed by atoms with Crippen LogP contribution in [-0.4, -0.2) is 31.7 Å². The van der Waals surface area contributed by atoms with Crippen molar-refractivity contribution >= 4 is 21.6 Å². The quantitative estimate of drug-likeness (QED) is 0.597. The second-order valence-electron chi connectivity index (χ2n) is 8.42. The van der Waals surface area contributed by atoms with E-state index >= 15 is 0 Å². The van der Waals surface area contributed by atoms with Crippen LogP contribution in [-0.2, 0) is 14.8 Å². The Morgan fingerprint density at radius 1 is 1.14 bits per heavy atom. The molecular formula is C21H34N2O4S. The molecule has 0 saturated heterocycles. The van der Waals surface area contributed by atoms with Crippen molar-refractivity contribution in [1.29, 1.82) is 0 Å². The third-order valence-electron chi connectivity index (χ3n) is 4.90. The lowest BCUT2D eigenvalue weighted by molar-refractivity contribution is -0.116. The fourth-order valence-electron chi connectivity index (χ4n) is 3.08. The molecule has 0 radical (unpaired) electrons. The predicted molar refractivity (Wildman–Crippen MR) is 113 cm³/mol. The summed E-state index contributed by atoms with van der Waals surface area (Å²) in [6.45, 7) is 5.33. The number of hydrogen-bond acceptors (Lipinski definition) is 4. The molecule has 1 aliphatic rings. The molecule has 0 heterocycles. The van der Waals surface area contributed by atoms with Gasteiger partial charge in [-0.1, -0.05) is 12.5 Å². The number of anilines is 1. The SMILES string of the molecule is CC(C)(C)S(=O)(=O)NCCCCC(=O)Nc1cccc(OC2CCCCC2)c1. The molecular weight excluding hydrogens is 376 g/mol. The van der Waals surface area contributed by atoms with Crippen molar-refractivity contribution in [3.8, 4) is 5.75 Å². The van der Waals surface area contributed by atoms with Gasteiger partial charge in [-0.3, -0.25) is 4.79 Å². The Labute approximate surface area is 169 Å². The van der Waals surface area contributed by atoms with Crippen molar-refractivity contribution in [3.05, 3.63) is 24.3 Å². The largest absolute Gasteiger partial charge is 0.490 e. The molecule has 0 unspecified atom stereocenters. The molecule has 0 spiro atoms. The average molecular weight is 411 g/mol. The molecule has 1 fully saturated rings. The van der Waals surface area contributed by atoms with Crippen molar-refractivity contribution in [2.75, 3.05) is 11.9 Å². The summed E-state index contributed by atoms with van der Waals surface area (Å²) in [4.78, 5) is 12.1. The highest BCUT2D eigenvalue weighted by molar-refractivity contribution is 7.90. The van der Waals surface area contributed by atoms with Crippen LogP contribution >= 0.6 is 0 Å². The van der Waals surface area contributed by atoms with E-state index < -0.39 is 14.8 Å². The zero-order valence-electron chi connectivity index (χ0n) is 17.3. The zero-order chi connectivity index (χ0) is 20.6.